The van der Waals surface area contributed by atoms with E-state index in [1.165, 1.54) is 33.4 Å². The second-order valence-electron chi connectivity index (χ2n) is 14.8. The van der Waals surface area contributed by atoms with Crippen molar-refractivity contribution in [2.24, 2.45) is 0 Å². The highest BCUT2D eigenvalue weighted by Crippen LogP contribution is 2.52. The van der Waals surface area contributed by atoms with Crippen molar-refractivity contribution in [3.63, 3.8) is 0 Å². The maximum absolute atomic E-state index is 6.83. The molecule has 0 atom stereocenters. The molecular formula is C50H34N2O2. The first-order valence-electron chi connectivity index (χ1n) is 18.5. The Hall–Kier alpha value is -6.91. The van der Waals surface area contributed by atoms with Crippen LogP contribution in [0.15, 0.2) is 179 Å². The summed E-state index contributed by atoms with van der Waals surface area (Å²) >= 11 is 0. The van der Waals surface area contributed by atoms with Crippen LogP contribution < -0.4 is 4.90 Å². The number of rotatable bonds is 5. The van der Waals surface area contributed by atoms with Crippen molar-refractivity contribution < 1.29 is 8.83 Å². The van der Waals surface area contributed by atoms with Crippen LogP contribution in [-0.4, -0.2) is 4.98 Å². The molecule has 54 heavy (non-hydrogen) atoms. The zero-order valence-corrected chi connectivity index (χ0v) is 29.9. The SMILES string of the molecule is CC1(C)c2ccccc2-c2ccc(N(c3ccc(-c4ccccc4)cc3)c3cc4ccccc4c4oc5ccc(-c6nc7ccccc7o6)cc5c34)cc21. The number of para-hydroxylation sites is 2. The monoisotopic (exact) mass is 694 g/mol. The van der Waals surface area contributed by atoms with Gasteiger partial charge in [-0.2, -0.15) is 0 Å². The van der Waals surface area contributed by atoms with E-state index in [1.807, 2.05) is 36.4 Å². The van der Waals surface area contributed by atoms with Crippen molar-refractivity contribution in [2.75, 3.05) is 4.90 Å². The molecule has 0 saturated carbocycles. The first-order chi connectivity index (χ1) is 26.5. The van der Waals surface area contributed by atoms with E-state index < -0.39 is 0 Å². The Morgan fingerprint density at radius 2 is 1.20 bits per heavy atom. The lowest BCUT2D eigenvalue weighted by molar-refractivity contribution is 0.620. The van der Waals surface area contributed by atoms with Crippen LogP contribution in [0.1, 0.15) is 25.0 Å². The van der Waals surface area contributed by atoms with Crippen LogP contribution in [-0.2, 0) is 5.41 Å². The van der Waals surface area contributed by atoms with Crippen molar-refractivity contribution in [2.45, 2.75) is 19.3 Å². The Morgan fingerprint density at radius 1 is 0.500 bits per heavy atom. The van der Waals surface area contributed by atoms with Crippen LogP contribution >= 0.6 is 0 Å². The summed E-state index contributed by atoms with van der Waals surface area (Å²) in [5, 5.41) is 4.22. The van der Waals surface area contributed by atoms with Crippen molar-refractivity contribution in [3.8, 4) is 33.7 Å². The van der Waals surface area contributed by atoms with Crippen LogP contribution in [0.5, 0.6) is 0 Å². The van der Waals surface area contributed by atoms with E-state index in [4.69, 9.17) is 13.8 Å². The van der Waals surface area contributed by atoms with Crippen LogP contribution in [0.4, 0.5) is 17.1 Å². The fourth-order valence-electron chi connectivity index (χ4n) is 8.59. The van der Waals surface area contributed by atoms with Crippen molar-refractivity contribution in [1.82, 2.24) is 4.98 Å². The van der Waals surface area contributed by atoms with E-state index in [2.05, 4.69) is 152 Å². The van der Waals surface area contributed by atoms with Crippen molar-refractivity contribution in [3.05, 3.63) is 181 Å². The highest BCUT2D eigenvalue weighted by Gasteiger charge is 2.36. The molecule has 0 unspecified atom stereocenters. The molecule has 0 radical (unpaired) electrons. The number of fused-ring (bicyclic) bond motifs is 9. The van der Waals surface area contributed by atoms with Crippen molar-refractivity contribution >= 4 is 60.9 Å². The minimum atomic E-state index is -0.152. The van der Waals surface area contributed by atoms with Gasteiger partial charge in [0, 0.05) is 33.1 Å². The largest absolute Gasteiger partial charge is 0.455 e. The highest BCUT2D eigenvalue weighted by molar-refractivity contribution is 6.22. The van der Waals surface area contributed by atoms with Gasteiger partial charge < -0.3 is 13.7 Å². The fraction of sp³-hybridized carbons (Fsp3) is 0.0600. The van der Waals surface area contributed by atoms with E-state index in [-0.39, 0.29) is 5.41 Å². The highest BCUT2D eigenvalue weighted by atomic mass is 16.3. The van der Waals surface area contributed by atoms with E-state index in [0.717, 1.165) is 66.4 Å². The molecule has 0 N–H and O–H groups in total. The molecule has 0 spiro atoms. The molecule has 0 fully saturated rings. The molecule has 0 aliphatic heterocycles. The first-order valence-corrected chi connectivity index (χ1v) is 18.5. The molecule has 4 nitrogen and oxygen atoms in total. The number of hydrogen-bond donors (Lipinski definition) is 0. The number of anilines is 3. The lowest BCUT2D eigenvalue weighted by atomic mass is 9.82. The molecule has 4 heteroatoms. The lowest BCUT2D eigenvalue weighted by Gasteiger charge is -2.29. The summed E-state index contributed by atoms with van der Waals surface area (Å²) in [6.07, 6.45) is 0. The molecule has 10 aromatic rings. The lowest BCUT2D eigenvalue weighted by Crippen LogP contribution is -2.16. The number of oxazole rings is 1. The van der Waals surface area contributed by atoms with Gasteiger partial charge >= 0.3 is 0 Å². The molecule has 1 aliphatic rings. The number of aromatic nitrogens is 1. The molecule has 1 aliphatic carbocycles. The third-order valence-electron chi connectivity index (χ3n) is 11.3. The third kappa shape index (κ3) is 4.60. The Labute approximate surface area is 312 Å². The van der Waals surface area contributed by atoms with Crippen molar-refractivity contribution in [1.29, 1.82) is 0 Å². The fourth-order valence-corrected chi connectivity index (χ4v) is 8.59. The van der Waals surface area contributed by atoms with Crippen LogP contribution in [0.2, 0.25) is 0 Å². The predicted octanol–water partition coefficient (Wildman–Crippen LogP) is 14.0. The minimum Gasteiger partial charge on any atom is -0.455 e. The average Bonchev–Trinajstić information content (AvgIpc) is 3.89. The summed E-state index contributed by atoms with van der Waals surface area (Å²) in [6, 6.07) is 60.2. The number of hydrogen-bond acceptors (Lipinski definition) is 4. The second-order valence-corrected chi connectivity index (χ2v) is 14.8. The van der Waals surface area contributed by atoms with Gasteiger partial charge in [-0.3, -0.25) is 0 Å². The Balaban J connectivity index is 1.18. The topological polar surface area (TPSA) is 42.4 Å². The van der Waals surface area contributed by atoms with Gasteiger partial charge in [-0.05, 0) is 99.4 Å². The van der Waals surface area contributed by atoms with Crippen LogP contribution in [0.3, 0.4) is 0 Å². The van der Waals surface area contributed by atoms with Gasteiger partial charge in [-0.25, -0.2) is 4.98 Å². The minimum absolute atomic E-state index is 0.152. The molecule has 256 valence electrons. The molecular weight excluding hydrogens is 661 g/mol. The third-order valence-corrected chi connectivity index (χ3v) is 11.3. The van der Waals surface area contributed by atoms with Gasteiger partial charge in [-0.1, -0.05) is 123 Å². The maximum Gasteiger partial charge on any atom is 0.227 e. The normalized spacial score (nSPS) is 13.1. The number of furan rings is 1. The molecule has 2 aromatic heterocycles. The Morgan fingerprint density at radius 3 is 2.07 bits per heavy atom. The van der Waals surface area contributed by atoms with Gasteiger partial charge in [0.15, 0.2) is 5.58 Å². The molecule has 0 amide bonds. The molecule has 8 aromatic carbocycles. The summed E-state index contributed by atoms with van der Waals surface area (Å²) in [5.74, 6) is 0.587. The molecule has 2 heterocycles. The van der Waals surface area contributed by atoms with Gasteiger partial charge in [-0.15, -0.1) is 0 Å². The maximum atomic E-state index is 6.83. The standard InChI is InChI=1S/C50H34N2O2/c1-50(2)41-17-9-8-16-38(41)39-26-25-36(30-42(39)50)52(35-23-20-32(21-24-35)31-12-4-3-5-13-31)44-29-33-14-6-7-15-37(33)48-47(44)40-28-34(22-27-45(40)53-48)49-51-43-18-10-11-19-46(43)54-49/h3-30H,1-2H3. The van der Waals surface area contributed by atoms with Gasteiger partial charge in [0.25, 0.3) is 0 Å². The quantitative estimate of drug-likeness (QED) is 0.180. The zero-order valence-electron chi connectivity index (χ0n) is 29.9. The summed E-state index contributed by atoms with van der Waals surface area (Å²) in [4.78, 5) is 7.25. The Kier molecular flexibility index (Phi) is 6.56. The van der Waals surface area contributed by atoms with E-state index in [0.29, 0.717) is 5.89 Å². The number of nitrogens with zero attached hydrogens (tertiary/aromatic N) is 2. The summed E-state index contributed by atoms with van der Waals surface area (Å²) in [7, 11) is 0. The van der Waals surface area contributed by atoms with Gasteiger partial charge in [0.1, 0.15) is 16.7 Å². The summed E-state index contributed by atoms with van der Waals surface area (Å²) in [6.45, 7) is 4.68. The van der Waals surface area contributed by atoms with Gasteiger partial charge in [0.2, 0.25) is 5.89 Å². The number of benzene rings is 8. The van der Waals surface area contributed by atoms with E-state index in [1.54, 1.807) is 0 Å². The molecule has 11 rings (SSSR count). The van der Waals surface area contributed by atoms with E-state index >= 15 is 0 Å². The smallest absolute Gasteiger partial charge is 0.227 e. The van der Waals surface area contributed by atoms with Crippen LogP contribution in [0, 0.1) is 0 Å². The summed E-state index contributed by atoms with van der Waals surface area (Å²) in [5.41, 5.74) is 14.8. The first kappa shape index (κ1) is 30.7. The predicted molar refractivity (Wildman–Crippen MR) is 222 cm³/mol. The summed E-state index contributed by atoms with van der Waals surface area (Å²) < 4.78 is 13.1. The van der Waals surface area contributed by atoms with Crippen LogP contribution in [0.25, 0.3) is 77.5 Å². The average molecular weight is 695 g/mol. The molecule has 0 saturated heterocycles. The zero-order chi connectivity index (χ0) is 36.0. The second kappa shape index (κ2) is 11.5. The molecule has 0 bridgehead atoms. The Bertz CT molecular complexity index is 3050. The van der Waals surface area contributed by atoms with Gasteiger partial charge in [0.05, 0.1) is 11.1 Å². The van der Waals surface area contributed by atoms with E-state index in [9.17, 15) is 0 Å².